The Morgan fingerprint density at radius 1 is 1.24 bits per heavy atom. The minimum absolute atomic E-state index is 0. The van der Waals surface area contributed by atoms with E-state index in [0.717, 1.165) is 71.4 Å². The average molecular weight is 398 g/mol. The summed E-state index contributed by atoms with van der Waals surface area (Å²) in [5.74, 6) is 0.246. The molecule has 0 spiro atoms. The van der Waals surface area contributed by atoms with Crippen LogP contribution in [-0.4, -0.2) is 66.7 Å². The van der Waals surface area contributed by atoms with Crippen LogP contribution >= 0.6 is 24.8 Å². The van der Waals surface area contributed by atoms with Crippen LogP contribution in [-0.2, 0) is 9.53 Å². The van der Waals surface area contributed by atoms with Crippen LogP contribution in [0.15, 0.2) is 0 Å². The third-order valence-corrected chi connectivity index (χ3v) is 5.66. The largest absolute Gasteiger partial charge is 0.375 e. The normalized spacial score (nSPS) is 29.2. The topological polar surface area (TPSA) is 58.8 Å². The van der Waals surface area contributed by atoms with E-state index in [-0.39, 0.29) is 48.3 Å². The van der Waals surface area contributed by atoms with E-state index in [0.29, 0.717) is 0 Å². The molecule has 150 valence electrons. The van der Waals surface area contributed by atoms with Crippen LogP contribution in [0.1, 0.15) is 52.9 Å². The van der Waals surface area contributed by atoms with E-state index >= 15 is 0 Å². The van der Waals surface area contributed by atoms with E-state index in [4.69, 9.17) is 10.5 Å². The summed E-state index contributed by atoms with van der Waals surface area (Å²) in [6.07, 6.45) is 5.32. The predicted molar refractivity (Wildman–Crippen MR) is 108 cm³/mol. The highest BCUT2D eigenvalue weighted by atomic mass is 35.5. The molecule has 2 aliphatic rings. The molecule has 1 amide bonds. The molecule has 1 heterocycles. The van der Waals surface area contributed by atoms with Crippen molar-refractivity contribution in [3.05, 3.63) is 0 Å². The second-order valence-corrected chi connectivity index (χ2v) is 7.40. The van der Waals surface area contributed by atoms with E-state index in [2.05, 4.69) is 18.7 Å². The first-order chi connectivity index (χ1) is 11.0. The Balaban J connectivity index is 0.00000288. The predicted octanol–water partition coefficient (Wildman–Crippen LogP) is 2.70. The zero-order chi connectivity index (χ0) is 16.9. The molecule has 0 aromatic heterocycles. The molecule has 2 rings (SSSR count). The van der Waals surface area contributed by atoms with Gasteiger partial charge in [0.25, 0.3) is 0 Å². The average Bonchev–Trinajstić information content (AvgIpc) is 2.99. The molecule has 0 aromatic carbocycles. The van der Waals surface area contributed by atoms with Gasteiger partial charge >= 0.3 is 0 Å². The smallest absolute Gasteiger partial charge is 0.227 e. The maximum absolute atomic E-state index is 12.8. The molecule has 1 aliphatic heterocycles. The molecule has 1 saturated heterocycles. The Bertz CT molecular complexity index is 393. The Morgan fingerprint density at radius 3 is 2.52 bits per heavy atom. The molecule has 0 bridgehead atoms. The van der Waals surface area contributed by atoms with Crippen LogP contribution in [0.25, 0.3) is 0 Å². The number of ether oxygens (including phenoxy) is 1. The van der Waals surface area contributed by atoms with Gasteiger partial charge in [-0.2, -0.15) is 0 Å². The van der Waals surface area contributed by atoms with Crippen LogP contribution in [0, 0.1) is 5.92 Å². The van der Waals surface area contributed by atoms with Gasteiger partial charge in [0.1, 0.15) is 0 Å². The number of nitrogens with two attached hydrogens (primary N) is 1. The summed E-state index contributed by atoms with van der Waals surface area (Å²) in [7, 11) is 0. The molecule has 2 fully saturated rings. The summed E-state index contributed by atoms with van der Waals surface area (Å²) in [5.41, 5.74) is 6.05. The third kappa shape index (κ3) is 6.87. The number of halogens is 2. The highest BCUT2D eigenvalue weighted by Crippen LogP contribution is 2.33. The SMILES string of the molecule is CCN(CC)CCOC1CCN(C(=O)C2CCCCC2(C)N)C1.Cl.Cl. The molecule has 7 heteroatoms. The molecule has 0 radical (unpaired) electrons. The van der Waals surface area contributed by atoms with Gasteiger partial charge < -0.3 is 20.3 Å². The molecule has 1 aliphatic carbocycles. The van der Waals surface area contributed by atoms with Gasteiger partial charge in [0, 0.05) is 25.2 Å². The summed E-state index contributed by atoms with van der Waals surface area (Å²) in [4.78, 5) is 17.2. The van der Waals surface area contributed by atoms with Crippen LogP contribution in [0.3, 0.4) is 0 Å². The van der Waals surface area contributed by atoms with E-state index in [1.54, 1.807) is 0 Å². The van der Waals surface area contributed by atoms with E-state index in [1.807, 2.05) is 11.8 Å². The summed E-state index contributed by atoms with van der Waals surface area (Å²) >= 11 is 0. The number of amides is 1. The maximum Gasteiger partial charge on any atom is 0.227 e. The Labute approximate surface area is 165 Å². The number of likely N-dealkylation sites (tertiary alicyclic amines) is 1. The van der Waals surface area contributed by atoms with Crippen molar-refractivity contribution in [2.24, 2.45) is 11.7 Å². The lowest BCUT2D eigenvalue weighted by molar-refractivity contribution is -0.138. The zero-order valence-electron chi connectivity index (χ0n) is 16.0. The lowest BCUT2D eigenvalue weighted by Crippen LogP contribution is -2.53. The van der Waals surface area contributed by atoms with Crippen LogP contribution < -0.4 is 5.73 Å². The van der Waals surface area contributed by atoms with Crippen LogP contribution in [0.2, 0.25) is 0 Å². The maximum atomic E-state index is 12.8. The van der Waals surface area contributed by atoms with Crippen molar-refractivity contribution in [3.8, 4) is 0 Å². The fraction of sp³-hybridized carbons (Fsp3) is 0.944. The van der Waals surface area contributed by atoms with Crippen LogP contribution in [0.4, 0.5) is 0 Å². The van der Waals surface area contributed by atoms with Gasteiger partial charge in [0.05, 0.1) is 18.6 Å². The first-order valence-electron chi connectivity index (χ1n) is 9.39. The summed E-state index contributed by atoms with van der Waals surface area (Å²) in [6, 6.07) is 0. The van der Waals surface area contributed by atoms with E-state index in [9.17, 15) is 4.79 Å². The fourth-order valence-corrected chi connectivity index (χ4v) is 3.94. The van der Waals surface area contributed by atoms with Gasteiger partial charge in [0.2, 0.25) is 5.91 Å². The molecule has 25 heavy (non-hydrogen) atoms. The molecule has 3 unspecified atom stereocenters. The van der Waals surface area contributed by atoms with Gasteiger partial charge in [-0.15, -0.1) is 24.8 Å². The van der Waals surface area contributed by atoms with Crippen molar-refractivity contribution >= 4 is 30.7 Å². The number of hydrogen-bond donors (Lipinski definition) is 1. The minimum Gasteiger partial charge on any atom is -0.375 e. The number of rotatable bonds is 7. The number of nitrogens with zero attached hydrogens (tertiary/aromatic N) is 2. The number of hydrogen-bond acceptors (Lipinski definition) is 4. The van der Waals surface area contributed by atoms with Crippen molar-refractivity contribution in [2.45, 2.75) is 64.5 Å². The highest BCUT2D eigenvalue weighted by Gasteiger charge is 2.41. The molecule has 2 N–H and O–H groups in total. The molecule has 1 saturated carbocycles. The quantitative estimate of drug-likeness (QED) is 0.717. The van der Waals surface area contributed by atoms with Crippen molar-refractivity contribution < 1.29 is 9.53 Å². The number of carbonyl (C=O) groups excluding carboxylic acids is 1. The van der Waals surface area contributed by atoms with Gasteiger partial charge in [-0.25, -0.2) is 0 Å². The lowest BCUT2D eigenvalue weighted by atomic mass is 9.74. The summed E-state index contributed by atoms with van der Waals surface area (Å²) in [5, 5.41) is 0. The second-order valence-electron chi connectivity index (χ2n) is 7.40. The molecule has 5 nitrogen and oxygen atoms in total. The van der Waals surface area contributed by atoms with E-state index < -0.39 is 0 Å². The molecule has 3 atom stereocenters. The van der Waals surface area contributed by atoms with Crippen molar-refractivity contribution in [2.75, 3.05) is 39.3 Å². The Morgan fingerprint density at radius 2 is 1.92 bits per heavy atom. The summed E-state index contributed by atoms with van der Waals surface area (Å²) in [6.45, 7) is 11.8. The van der Waals surface area contributed by atoms with Crippen molar-refractivity contribution in [1.82, 2.24) is 9.80 Å². The molecular weight excluding hydrogens is 361 g/mol. The lowest BCUT2D eigenvalue weighted by Gasteiger charge is -2.39. The highest BCUT2D eigenvalue weighted by molar-refractivity contribution is 5.85. The zero-order valence-corrected chi connectivity index (χ0v) is 17.7. The first kappa shape index (κ1) is 24.9. The van der Waals surface area contributed by atoms with Gasteiger partial charge in [-0.3, -0.25) is 4.79 Å². The third-order valence-electron chi connectivity index (χ3n) is 5.66. The van der Waals surface area contributed by atoms with Crippen LogP contribution in [0.5, 0.6) is 0 Å². The number of likely N-dealkylation sites (N-methyl/N-ethyl adjacent to an activating group) is 1. The van der Waals surface area contributed by atoms with Crippen molar-refractivity contribution in [1.29, 1.82) is 0 Å². The second kappa shape index (κ2) is 11.6. The van der Waals surface area contributed by atoms with Gasteiger partial charge in [-0.05, 0) is 39.3 Å². The number of carbonyl (C=O) groups is 1. The molecule has 0 aromatic rings. The molecular formula is C18H37Cl2N3O2. The minimum atomic E-state index is -0.336. The monoisotopic (exact) mass is 397 g/mol. The fourth-order valence-electron chi connectivity index (χ4n) is 3.94. The standard InChI is InChI=1S/C18H35N3O2.2ClH/c1-4-20(5-2)12-13-23-15-9-11-21(14-15)17(22)16-8-6-7-10-18(16,3)19;;/h15-16H,4-14,19H2,1-3H3;2*1H. The Kier molecular flexibility index (Phi) is 11.6. The van der Waals surface area contributed by atoms with Gasteiger partial charge in [0.15, 0.2) is 0 Å². The summed E-state index contributed by atoms with van der Waals surface area (Å²) < 4.78 is 5.99. The van der Waals surface area contributed by atoms with Crippen molar-refractivity contribution in [3.63, 3.8) is 0 Å². The van der Waals surface area contributed by atoms with E-state index in [1.165, 1.54) is 0 Å². The first-order valence-corrected chi connectivity index (χ1v) is 9.39. The van der Waals surface area contributed by atoms with Gasteiger partial charge in [-0.1, -0.05) is 26.7 Å². The Hall–Kier alpha value is -0.0700.